The van der Waals surface area contributed by atoms with Crippen molar-refractivity contribution in [2.45, 2.75) is 12.1 Å². The number of benzene rings is 1. The minimum absolute atomic E-state index is 0.359. The second-order valence-corrected chi connectivity index (χ2v) is 4.06. The number of rotatable bonds is 3. The van der Waals surface area contributed by atoms with Crippen LogP contribution < -0.4 is 4.90 Å². The Balaban J connectivity index is 2.29. The molecule has 1 aliphatic heterocycles. The molecular weight excluding hydrogens is 246 g/mol. The first-order valence-corrected chi connectivity index (χ1v) is 5.28. The highest BCUT2D eigenvalue weighted by atomic mass is 35.5. The summed E-state index contributed by atoms with van der Waals surface area (Å²) in [4.78, 5) is 23.9. The SMILES string of the molecule is COC1C(=O)N(c2ccc(Cl)cc2)C1C(=O)O. The predicted octanol–water partition coefficient (Wildman–Crippen LogP) is 1.15. The molecule has 0 aromatic heterocycles. The minimum atomic E-state index is -1.09. The summed E-state index contributed by atoms with van der Waals surface area (Å²) in [6.45, 7) is 0. The Kier molecular flexibility index (Phi) is 3.04. The molecule has 1 heterocycles. The summed E-state index contributed by atoms with van der Waals surface area (Å²) in [5.74, 6) is -1.45. The topological polar surface area (TPSA) is 66.8 Å². The van der Waals surface area contributed by atoms with Gasteiger partial charge < -0.3 is 9.84 Å². The lowest BCUT2D eigenvalue weighted by Gasteiger charge is -2.43. The molecule has 5 nitrogen and oxygen atoms in total. The summed E-state index contributed by atoms with van der Waals surface area (Å²) in [6, 6.07) is 5.42. The maximum absolute atomic E-state index is 11.7. The lowest BCUT2D eigenvalue weighted by Crippen LogP contribution is -2.69. The third-order valence-corrected chi connectivity index (χ3v) is 2.91. The third kappa shape index (κ3) is 1.87. The number of hydrogen-bond acceptors (Lipinski definition) is 3. The first kappa shape index (κ1) is 11.9. The maximum Gasteiger partial charge on any atom is 0.330 e. The van der Waals surface area contributed by atoms with Crippen LogP contribution >= 0.6 is 11.6 Å². The maximum atomic E-state index is 11.7. The Morgan fingerprint density at radius 1 is 1.41 bits per heavy atom. The third-order valence-electron chi connectivity index (χ3n) is 2.66. The van der Waals surface area contributed by atoms with E-state index >= 15 is 0 Å². The number of hydrogen-bond donors (Lipinski definition) is 1. The van der Waals surface area contributed by atoms with Crippen LogP contribution in [0.1, 0.15) is 0 Å². The van der Waals surface area contributed by atoms with Crippen LogP contribution in [0.5, 0.6) is 0 Å². The van der Waals surface area contributed by atoms with Gasteiger partial charge in [0, 0.05) is 17.8 Å². The first-order valence-electron chi connectivity index (χ1n) is 4.90. The second-order valence-electron chi connectivity index (χ2n) is 3.62. The van der Waals surface area contributed by atoms with Crippen molar-refractivity contribution >= 4 is 29.2 Å². The van der Waals surface area contributed by atoms with Crippen molar-refractivity contribution in [1.82, 2.24) is 0 Å². The smallest absolute Gasteiger partial charge is 0.330 e. The number of carboxylic acids is 1. The van der Waals surface area contributed by atoms with Crippen LogP contribution in [0.3, 0.4) is 0 Å². The summed E-state index contributed by atoms with van der Waals surface area (Å²) in [6.07, 6.45) is -0.914. The standard InChI is InChI=1S/C11H10ClNO4/c1-17-9-8(11(15)16)13(10(9)14)7-4-2-6(12)3-5-7/h2-5,8-9H,1H3,(H,15,16). The molecule has 1 aromatic carbocycles. The molecule has 2 atom stereocenters. The molecule has 1 aromatic rings. The number of methoxy groups -OCH3 is 1. The Morgan fingerprint density at radius 2 is 2.00 bits per heavy atom. The van der Waals surface area contributed by atoms with Crippen molar-refractivity contribution in [1.29, 1.82) is 0 Å². The molecule has 2 rings (SSSR count). The Labute approximate surface area is 103 Å². The van der Waals surface area contributed by atoms with Crippen LogP contribution in [0.15, 0.2) is 24.3 Å². The molecule has 2 unspecified atom stereocenters. The monoisotopic (exact) mass is 255 g/mol. The molecule has 90 valence electrons. The van der Waals surface area contributed by atoms with E-state index in [0.717, 1.165) is 0 Å². The molecule has 1 saturated heterocycles. The van der Waals surface area contributed by atoms with Gasteiger partial charge in [-0.2, -0.15) is 0 Å². The highest BCUT2D eigenvalue weighted by Crippen LogP contribution is 2.30. The molecule has 1 aliphatic rings. The van der Waals surface area contributed by atoms with Gasteiger partial charge >= 0.3 is 5.97 Å². The summed E-state index contributed by atoms with van der Waals surface area (Å²) in [5.41, 5.74) is 0.500. The van der Waals surface area contributed by atoms with Gasteiger partial charge in [-0.25, -0.2) is 4.79 Å². The normalized spacial score (nSPS) is 23.4. The van der Waals surface area contributed by atoms with E-state index in [1.54, 1.807) is 24.3 Å². The molecule has 1 amide bonds. The highest BCUT2D eigenvalue weighted by molar-refractivity contribution is 6.30. The first-order chi connectivity index (χ1) is 8.06. The number of anilines is 1. The van der Waals surface area contributed by atoms with E-state index in [-0.39, 0.29) is 5.91 Å². The van der Waals surface area contributed by atoms with Crippen molar-refractivity contribution < 1.29 is 19.4 Å². The van der Waals surface area contributed by atoms with Gasteiger partial charge in [-0.1, -0.05) is 11.6 Å². The molecule has 0 radical (unpaired) electrons. The highest BCUT2D eigenvalue weighted by Gasteiger charge is 2.53. The summed E-state index contributed by atoms with van der Waals surface area (Å²) in [7, 11) is 1.32. The number of β-lactam (4-membered cyclic amide) rings is 1. The molecule has 17 heavy (non-hydrogen) atoms. The average molecular weight is 256 g/mol. The van der Waals surface area contributed by atoms with Crippen molar-refractivity contribution in [3.05, 3.63) is 29.3 Å². The fraction of sp³-hybridized carbons (Fsp3) is 0.273. The van der Waals surface area contributed by atoms with Crippen LogP contribution in [0.2, 0.25) is 5.02 Å². The zero-order valence-electron chi connectivity index (χ0n) is 8.96. The predicted molar refractivity (Wildman–Crippen MR) is 61.2 cm³/mol. The van der Waals surface area contributed by atoms with Gasteiger partial charge in [0.15, 0.2) is 12.1 Å². The molecule has 1 fully saturated rings. The lowest BCUT2D eigenvalue weighted by molar-refractivity contribution is -0.155. The van der Waals surface area contributed by atoms with Gasteiger partial charge in [-0.3, -0.25) is 9.69 Å². The summed E-state index contributed by atoms with van der Waals surface area (Å²) < 4.78 is 4.85. The Hall–Kier alpha value is -1.59. The quantitative estimate of drug-likeness (QED) is 0.823. The number of halogens is 1. The van der Waals surface area contributed by atoms with E-state index in [4.69, 9.17) is 21.4 Å². The molecule has 0 bridgehead atoms. The van der Waals surface area contributed by atoms with Gasteiger partial charge in [0.1, 0.15) is 0 Å². The van der Waals surface area contributed by atoms with Crippen molar-refractivity contribution in [2.75, 3.05) is 12.0 Å². The van der Waals surface area contributed by atoms with Crippen LogP contribution in [0.25, 0.3) is 0 Å². The number of carbonyl (C=O) groups excluding carboxylic acids is 1. The Morgan fingerprint density at radius 3 is 2.47 bits per heavy atom. The van der Waals surface area contributed by atoms with Crippen LogP contribution in [0.4, 0.5) is 5.69 Å². The van der Waals surface area contributed by atoms with Gasteiger partial charge in [0.25, 0.3) is 5.91 Å². The van der Waals surface area contributed by atoms with Crippen LogP contribution in [0, 0.1) is 0 Å². The number of amides is 1. The van der Waals surface area contributed by atoms with Gasteiger partial charge in [-0.15, -0.1) is 0 Å². The van der Waals surface area contributed by atoms with E-state index < -0.39 is 18.1 Å². The zero-order valence-corrected chi connectivity index (χ0v) is 9.72. The van der Waals surface area contributed by atoms with Gasteiger partial charge in [-0.05, 0) is 24.3 Å². The van der Waals surface area contributed by atoms with E-state index in [2.05, 4.69) is 0 Å². The van der Waals surface area contributed by atoms with E-state index in [9.17, 15) is 9.59 Å². The van der Waals surface area contributed by atoms with Crippen molar-refractivity contribution in [2.24, 2.45) is 0 Å². The summed E-state index contributed by atoms with van der Waals surface area (Å²) >= 11 is 5.72. The average Bonchev–Trinajstić information content (AvgIpc) is 2.28. The van der Waals surface area contributed by atoms with Crippen molar-refractivity contribution in [3.63, 3.8) is 0 Å². The fourth-order valence-electron chi connectivity index (χ4n) is 1.82. The molecular formula is C11H10ClNO4. The largest absolute Gasteiger partial charge is 0.480 e. The van der Waals surface area contributed by atoms with Gasteiger partial charge in [0.2, 0.25) is 0 Å². The summed E-state index contributed by atoms with van der Waals surface area (Å²) in [5, 5.41) is 9.56. The number of ether oxygens (including phenoxy) is 1. The number of carboxylic acid groups (broad SMARTS) is 1. The Bertz CT molecular complexity index is 459. The number of carbonyl (C=O) groups is 2. The number of aliphatic carboxylic acids is 1. The second kappa shape index (κ2) is 4.35. The molecule has 1 N–H and O–H groups in total. The molecule has 0 saturated carbocycles. The minimum Gasteiger partial charge on any atom is -0.480 e. The van der Waals surface area contributed by atoms with Crippen LogP contribution in [-0.2, 0) is 14.3 Å². The van der Waals surface area contributed by atoms with E-state index in [0.29, 0.717) is 10.7 Å². The van der Waals surface area contributed by atoms with E-state index in [1.807, 2.05) is 0 Å². The van der Waals surface area contributed by atoms with E-state index in [1.165, 1.54) is 12.0 Å². The lowest BCUT2D eigenvalue weighted by atomic mass is 9.97. The number of nitrogens with zero attached hydrogens (tertiary/aromatic N) is 1. The van der Waals surface area contributed by atoms with Crippen molar-refractivity contribution in [3.8, 4) is 0 Å². The zero-order chi connectivity index (χ0) is 12.6. The molecule has 6 heteroatoms. The molecule has 0 spiro atoms. The fourth-order valence-corrected chi connectivity index (χ4v) is 1.95. The van der Waals surface area contributed by atoms with Gasteiger partial charge in [0.05, 0.1) is 0 Å². The van der Waals surface area contributed by atoms with Crippen LogP contribution in [-0.4, -0.2) is 36.2 Å². The molecule has 0 aliphatic carbocycles.